The molecule has 0 atom stereocenters. The molecular weight excluding hydrogens is 274 g/mol. The first-order chi connectivity index (χ1) is 9.49. The van der Waals surface area contributed by atoms with E-state index >= 15 is 0 Å². The van der Waals surface area contributed by atoms with Crippen LogP contribution in [0.5, 0.6) is 0 Å². The van der Waals surface area contributed by atoms with Crippen molar-refractivity contribution in [1.29, 1.82) is 0 Å². The molecule has 108 valence electrons. The molecule has 0 fully saturated rings. The molecule has 0 radical (unpaired) electrons. The molecule has 0 aliphatic rings. The van der Waals surface area contributed by atoms with Gasteiger partial charge in [-0.15, -0.1) is 0 Å². The summed E-state index contributed by atoms with van der Waals surface area (Å²) in [5.74, 6) is 0.109. The van der Waals surface area contributed by atoms with Crippen LogP contribution in [0, 0.1) is 0 Å². The maximum Gasteiger partial charge on any atom is 0.214 e. The number of pyridine rings is 1. The minimum atomic E-state index is -3.12. The zero-order chi connectivity index (χ0) is 14.6. The molecule has 2 aromatic rings. The molecule has 0 spiro atoms. The number of fused-ring (bicyclic) bond motifs is 1. The molecule has 0 aliphatic heterocycles. The molecule has 5 nitrogen and oxygen atoms in total. The Balaban J connectivity index is 1.90. The highest BCUT2D eigenvalue weighted by atomic mass is 32.2. The lowest BCUT2D eigenvalue weighted by Crippen LogP contribution is -2.30. The Morgan fingerprint density at radius 3 is 2.75 bits per heavy atom. The van der Waals surface area contributed by atoms with Crippen LogP contribution in [0.15, 0.2) is 36.7 Å². The van der Waals surface area contributed by atoms with Gasteiger partial charge in [-0.1, -0.05) is 12.1 Å². The van der Waals surface area contributed by atoms with Gasteiger partial charge in [0.05, 0.1) is 5.75 Å². The lowest BCUT2D eigenvalue weighted by molar-refractivity contribution is 0.517. The van der Waals surface area contributed by atoms with Crippen molar-refractivity contribution in [2.45, 2.75) is 6.54 Å². The first kappa shape index (κ1) is 14.9. The van der Waals surface area contributed by atoms with Crippen molar-refractivity contribution in [3.05, 3.63) is 42.2 Å². The summed E-state index contributed by atoms with van der Waals surface area (Å²) in [4.78, 5) is 4.07. The lowest BCUT2D eigenvalue weighted by Gasteiger charge is -2.11. The summed E-state index contributed by atoms with van der Waals surface area (Å²) in [6.45, 7) is 1.09. The van der Waals surface area contributed by atoms with Crippen molar-refractivity contribution in [3.63, 3.8) is 0 Å². The largest absolute Gasteiger partial charge is 0.312 e. The van der Waals surface area contributed by atoms with Gasteiger partial charge in [-0.25, -0.2) is 12.7 Å². The van der Waals surface area contributed by atoms with Crippen molar-refractivity contribution in [2.24, 2.45) is 0 Å². The summed E-state index contributed by atoms with van der Waals surface area (Å²) in [6, 6.07) is 8.10. The van der Waals surface area contributed by atoms with E-state index in [0.717, 1.165) is 16.3 Å². The Labute approximate surface area is 119 Å². The lowest BCUT2D eigenvalue weighted by atomic mass is 10.1. The normalized spacial score (nSPS) is 12.2. The first-order valence-electron chi connectivity index (χ1n) is 6.42. The van der Waals surface area contributed by atoms with Crippen LogP contribution in [0.2, 0.25) is 0 Å². The number of hydrogen-bond acceptors (Lipinski definition) is 4. The predicted octanol–water partition coefficient (Wildman–Crippen LogP) is 1.22. The van der Waals surface area contributed by atoms with E-state index in [1.165, 1.54) is 4.31 Å². The predicted molar refractivity (Wildman–Crippen MR) is 80.9 cm³/mol. The van der Waals surface area contributed by atoms with Crippen LogP contribution in [-0.4, -0.2) is 44.1 Å². The van der Waals surface area contributed by atoms with Crippen molar-refractivity contribution >= 4 is 20.8 Å². The maximum absolute atomic E-state index is 11.6. The van der Waals surface area contributed by atoms with Gasteiger partial charge in [0, 0.05) is 45.0 Å². The molecule has 20 heavy (non-hydrogen) atoms. The molecule has 1 aromatic heterocycles. The molecule has 2 rings (SSSR count). The summed E-state index contributed by atoms with van der Waals surface area (Å²) in [5, 5.41) is 5.40. The number of nitrogens with one attached hydrogen (secondary N) is 1. The van der Waals surface area contributed by atoms with Gasteiger partial charge >= 0.3 is 0 Å². The summed E-state index contributed by atoms with van der Waals surface area (Å²) < 4.78 is 24.4. The molecular formula is C14H19N3O2S. The highest BCUT2D eigenvalue weighted by Gasteiger charge is 2.12. The molecule has 1 aromatic carbocycles. The third-order valence-electron chi connectivity index (χ3n) is 3.13. The highest BCUT2D eigenvalue weighted by Crippen LogP contribution is 2.14. The van der Waals surface area contributed by atoms with E-state index in [1.807, 2.05) is 24.4 Å². The number of rotatable bonds is 6. The first-order valence-corrected chi connectivity index (χ1v) is 8.03. The standard InChI is InChI=1S/C14H19N3O2S/c1-17(2)20(18,19)8-7-16-10-12-3-4-14-11-15-6-5-13(14)9-12/h3-6,9,11,16H,7-8,10H2,1-2H3. The van der Waals surface area contributed by atoms with Gasteiger partial charge in [0.15, 0.2) is 0 Å². The molecule has 0 saturated heterocycles. The SMILES string of the molecule is CN(C)S(=O)(=O)CCNCc1ccc2cnccc2c1. The Kier molecular flexibility index (Phi) is 4.69. The van der Waals surface area contributed by atoms with Crippen LogP contribution in [0.25, 0.3) is 10.8 Å². The van der Waals surface area contributed by atoms with Gasteiger partial charge in [0.25, 0.3) is 0 Å². The summed E-state index contributed by atoms with van der Waals surface area (Å²) in [5.41, 5.74) is 1.13. The third-order valence-corrected chi connectivity index (χ3v) is 4.96. The summed E-state index contributed by atoms with van der Waals surface area (Å²) in [6.07, 6.45) is 3.60. The van der Waals surface area contributed by atoms with Crippen LogP contribution in [0.1, 0.15) is 5.56 Å². The average Bonchev–Trinajstić information content (AvgIpc) is 2.43. The second-order valence-corrected chi connectivity index (χ2v) is 7.13. The third kappa shape index (κ3) is 3.75. The number of nitrogens with zero attached hydrogens (tertiary/aromatic N) is 2. The van der Waals surface area contributed by atoms with Crippen molar-refractivity contribution < 1.29 is 8.42 Å². The van der Waals surface area contributed by atoms with E-state index in [-0.39, 0.29) is 5.75 Å². The average molecular weight is 293 g/mol. The van der Waals surface area contributed by atoms with Gasteiger partial charge in [-0.05, 0) is 23.1 Å². The zero-order valence-electron chi connectivity index (χ0n) is 11.7. The Hall–Kier alpha value is -1.50. The highest BCUT2D eigenvalue weighted by molar-refractivity contribution is 7.89. The number of hydrogen-bond donors (Lipinski definition) is 1. The molecule has 1 N–H and O–H groups in total. The Bertz CT molecular complexity index is 684. The van der Waals surface area contributed by atoms with E-state index in [1.54, 1.807) is 20.3 Å². The van der Waals surface area contributed by atoms with Gasteiger partial charge < -0.3 is 5.32 Å². The summed E-state index contributed by atoms with van der Waals surface area (Å²) >= 11 is 0. The minimum absolute atomic E-state index is 0.109. The molecule has 0 saturated carbocycles. The number of aromatic nitrogens is 1. The topological polar surface area (TPSA) is 62.3 Å². The zero-order valence-corrected chi connectivity index (χ0v) is 12.5. The second-order valence-electron chi connectivity index (χ2n) is 4.83. The van der Waals surface area contributed by atoms with E-state index in [2.05, 4.69) is 16.4 Å². The molecule has 6 heteroatoms. The summed E-state index contributed by atoms with van der Waals surface area (Å²) in [7, 11) is -0.0281. The molecule has 1 heterocycles. The van der Waals surface area contributed by atoms with E-state index in [0.29, 0.717) is 13.1 Å². The van der Waals surface area contributed by atoms with Gasteiger partial charge in [-0.2, -0.15) is 0 Å². The van der Waals surface area contributed by atoms with E-state index in [9.17, 15) is 8.42 Å². The Morgan fingerprint density at radius 1 is 1.20 bits per heavy atom. The molecule has 0 amide bonds. The van der Waals surface area contributed by atoms with Gasteiger partial charge in [0.1, 0.15) is 0 Å². The van der Waals surface area contributed by atoms with Crippen molar-refractivity contribution in [2.75, 3.05) is 26.4 Å². The van der Waals surface area contributed by atoms with Crippen molar-refractivity contribution in [1.82, 2.24) is 14.6 Å². The van der Waals surface area contributed by atoms with Crippen LogP contribution < -0.4 is 5.32 Å². The smallest absolute Gasteiger partial charge is 0.214 e. The van der Waals surface area contributed by atoms with Crippen LogP contribution >= 0.6 is 0 Å². The van der Waals surface area contributed by atoms with E-state index < -0.39 is 10.0 Å². The molecule has 0 aliphatic carbocycles. The van der Waals surface area contributed by atoms with Crippen LogP contribution in [0.4, 0.5) is 0 Å². The van der Waals surface area contributed by atoms with Crippen LogP contribution in [0.3, 0.4) is 0 Å². The monoisotopic (exact) mass is 293 g/mol. The number of benzene rings is 1. The molecule has 0 unspecified atom stereocenters. The fraction of sp³-hybridized carbons (Fsp3) is 0.357. The van der Waals surface area contributed by atoms with Crippen molar-refractivity contribution in [3.8, 4) is 0 Å². The number of sulfonamides is 1. The minimum Gasteiger partial charge on any atom is -0.312 e. The fourth-order valence-corrected chi connectivity index (χ4v) is 2.63. The van der Waals surface area contributed by atoms with Gasteiger partial charge in [0.2, 0.25) is 10.0 Å². The maximum atomic E-state index is 11.6. The second kappa shape index (κ2) is 6.30. The van der Waals surface area contributed by atoms with Gasteiger partial charge in [-0.3, -0.25) is 4.98 Å². The Morgan fingerprint density at radius 2 is 2.00 bits per heavy atom. The molecule has 0 bridgehead atoms. The van der Waals surface area contributed by atoms with Crippen LogP contribution in [-0.2, 0) is 16.6 Å². The van der Waals surface area contributed by atoms with E-state index in [4.69, 9.17) is 0 Å². The quantitative estimate of drug-likeness (QED) is 0.813. The fourth-order valence-electron chi connectivity index (χ4n) is 1.86.